The molecule has 2 atom stereocenters. The summed E-state index contributed by atoms with van der Waals surface area (Å²) in [4.78, 5) is 67.2. The molecule has 0 aliphatic heterocycles. The van der Waals surface area contributed by atoms with Crippen molar-refractivity contribution in [3.8, 4) is 0 Å². The first-order valence-corrected chi connectivity index (χ1v) is 16.1. The van der Waals surface area contributed by atoms with Crippen LogP contribution >= 0.6 is 0 Å². The maximum absolute atomic E-state index is 12.4. The minimum Gasteiger partial charge on any atom is -0.368 e. The molecule has 0 saturated carbocycles. The summed E-state index contributed by atoms with van der Waals surface area (Å²) in [6.45, 7) is 3.04. The molecule has 2 unspecified atom stereocenters. The number of nitrogens with zero attached hydrogens (tertiary/aromatic N) is 1. The highest BCUT2D eigenvalue weighted by Gasteiger charge is 2.23. The average molecular weight is 606 g/mol. The minimum atomic E-state index is -1.02. The molecule has 1 aromatic heterocycles. The van der Waals surface area contributed by atoms with Gasteiger partial charge in [-0.15, -0.1) is 0 Å². The van der Waals surface area contributed by atoms with Crippen molar-refractivity contribution in [2.24, 2.45) is 5.73 Å². The topological polar surface area (TPSA) is 188 Å². The van der Waals surface area contributed by atoms with Gasteiger partial charge in [0.2, 0.25) is 29.5 Å². The maximum Gasteiger partial charge on any atom is 0.243 e. The second-order valence-electron chi connectivity index (χ2n) is 11.3. The molecule has 0 aromatic carbocycles. The van der Waals surface area contributed by atoms with E-state index in [1.165, 1.54) is 89.6 Å². The molecule has 1 rings (SSSR count). The molecule has 0 aliphatic carbocycles. The largest absolute Gasteiger partial charge is 0.368 e. The predicted octanol–water partition coefficient (Wildman–Crippen LogP) is 2.92. The van der Waals surface area contributed by atoms with Crippen LogP contribution in [0.3, 0.4) is 0 Å². The Hall–Kier alpha value is -3.44. The standard InChI is InChI=1S/C31H55N7O5/c1-3-4-5-6-7-8-9-10-11-12-13-14-15-16-17-18-28(40)37-24(2)30(42)35-22-29(41)38-26(19-25-20-33-23-36-25)31(43)34-21-27(32)39/h20,23-24,26H,3-19,21-22H2,1-2H3,(H2,32,39)(H,33,36)(H,34,43)(H,35,42)(H,37,40)(H,38,41). The van der Waals surface area contributed by atoms with Crippen LogP contribution in [0.5, 0.6) is 0 Å². The van der Waals surface area contributed by atoms with Gasteiger partial charge in [0.05, 0.1) is 19.4 Å². The van der Waals surface area contributed by atoms with Gasteiger partial charge in [0.15, 0.2) is 0 Å². The number of aromatic nitrogens is 2. The van der Waals surface area contributed by atoms with Crippen LogP contribution in [0.15, 0.2) is 12.5 Å². The van der Waals surface area contributed by atoms with E-state index in [4.69, 9.17) is 5.73 Å². The first kappa shape index (κ1) is 37.6. The first-order valence-electron chi connectivity index (χ1n) is 16.1. The van der Waals surface area contributed by atoms with Crippen LogP contribution < -0.4 is 27.0 Å². The summed E-state index contributed by atoms with van der Waals surface area (Å²) in [6.07, 6.45) is 22.2. The van der Waals surface area contributed by atoms with E-state index in [-0.39, 0.29) is 25.4 Å². The predicted molar refractivity (Wildman–Crippen MR) is 167 cm³/mol. The molecule has 0 radical (unpaired) electrons. The number of rotatable bonds is 26. The van der Waals surface area contributed by atoms with Crippen molar-refractivity contribution in [1.29, 1.82) is 0 Å². The zero-order valence-corrected chi connectivity index (χ0v) is 26.3. The third-order valence-electron chi connectivity index (χ3n) is 7.27. The normalized spacial score (nSPS) is 12.2. The van der Waals surface area contributed by atoms with Crippen molar-refractivity contribution in [3.05, 3.63) is 18.2 Å². The van der Waals surface area contributed by atoms with Crippen LogP contribution in [-0.2, 0) is 30.4 Å². The molecule has 5 amide bonds. The number of imidazole rings is 1. The fourth-order valence-electron chi connectivity index (χ4n) is 4.72. The molecule has 0 bridgehead atoms. The third kappa shape index (κ3) is 20.2. The third-order valence-corrected chi connectivity index (χ3v) is 7.27. The van der Waals surface area contributed by atoms with Crippen molar-refractivity contribution in [3.63, 3.8) is 0 Å². The molecular formula is C31H55N7O5. The van der Waals surface area contributed by atoms with Gasteiger partial charge in [-0.25, -0.2) is 4.98 Å². The summed E-state index contributed by atoms with van der Waals surface area (Å²) in [7, 11) is 0. The SMILES string of the molecule is CCCCCCCCCCCCCCCCCC(=O)NC(C)C(=O)NCC(=O)NC(Cc1cnc[nH]1)C(=O)NCC(N)=O. The number of amides is 5. The summed E-state index contributed by atoms with van der Waals surface area (Å²) < 4.78 is 0. The number of primary amides is 1. The first-order chi connectivity index (χ1) is 20.7. The second kappa shape index (κ2) is 24.0. The van der Waals surface area contributed by atoms with Gasteiger partial charge in [-0.2, -0.15) is 0 Å². The summed E-state index contributed by atoms with van der Waals surface area (Å²) in [6, 6.07) is -1.83. The van der Waals surface area contributed by atoms with E-state index in [9.17, 15) is 24.0 Å². The minimum absolute atomic E-state index is 0.0933. The Morgan fingerprint density at radius 2 is 1.28 bits per heavy atom. The van der Waals surface area contributed by atoms with Crippen LogP contribution in [0.2, 0.25) is 0 Å². The Labute approximate surface area is 256 Å². The van der Waals surface area contributed by atoms with Gasteiger partial charge in [0.1, 0.15) is 12.1 Å². The Balaban J connectivity index is 2.15. The number of hydrogen-bond donors (Lipinski definition) is 6. The monoisotopic (exact) mass is 605 g/mol. The van der Waals surface area contributed by atoms with Crippen LogP contribution in [0.1, 0.15) is 122 Å². The lowest BCUT2D eigenvalue weighted by atomic mass is 10.0. The molecule has 0 saturated heterocycles. The number of H-pyrrole nitrogens is 1. The molecule has 7 N–H and O–H groups in total. The molecule has 43 heavy (non-hydrogen) atoms. The summed E-state index contributed by atoms with van der Waals surface area (Å²) in [5, 5.41) is 10.0. The highest BCUT2D eigenvalue weighted by Crippen LogP contribution is 2.13. The molecule has 0 spiro atoms. The van der Waals surface area contributed by atoms with Crippen molar-refractivity contribution in [1.82, 2.24) is 31.2 Å². The van der Waals surface area contributed by atoms with Gasteiger partial charge in [-0.3, -0.25) is 24.0 Å². The van der Waals surface area contributed by atoms with Crippen LogP contribution in [0, 0.1) is 0 Å². The average Bonchev–Trinajstić information content (AvgIpc) is 3.49. The van der Waals surface area contributed by atoms with E-state index in [1.807, 2.05) is 0 Å². The van der Waals surface area contributed by atoms with Gasteiger partial charge in [0, 0.05) is 24.7 Å². The van der Waals surface area contributed by atoms with Gasteiger partial charge in [-0.1, -0.05) is 96.8 Å². The summed E-state index contributed by atoms with van der Waals surface area (Å²) in [5.41, 5.74) is 5.66. The van der Waals surface area contributed by atoms with E-state index in [0.29, 0.717) is 12.1 Å². The molecule has 1 aromatic rings. The molecule has 0 aliphatic rings. The van der Waals surface area contributed by atoms with Crippen LogP contribution in [-0.4, -0.2) is 64.7 Å². The number of unbranched alkanes of at least 4 members (excludes halogenated alkanes) is 14. The number of nitrogens with one attached hydrogen (secondary N) is 5. The van der Waals surface area contributed by atoms with E-state index < -0.39 is 35.7 Å². The van der Waals surface area contributed by atoms with Crippen molar-refractivity contribution < 1.29 is 24.0 Å². The Morgan fingerprint density at radius 1 is 0.744 bits per heavy atom. The molecular weight excluding hydrogens is 550 g/mol. The zero-order chi connectivity index (χ0) is 31.7. The molecule has 12 heteroatoms. The quantitative estimate of drug-likeness (QED) is 0.0881. The van der Waals surface area contributed by atoms with Crippen LogP contribution in [0.25, 0.3) is 0 Å². The fraction of sp³-hybridized carbons (Fsp3) is 0.742. The number of aromatic amines is 1. The molecule has 1 heterocycles. The zero-order valence-electron chi connectivity index (χ0n) is 26.3. The van der Waals surface area contributed by atoms with Gasteiger partial charge >= 0.3 is 0 Å². The highest BCUT2D eigenvalue weighted by molar-refractivity contribution is 5.93. The van der Waals surface area contributed by atoms with Crippen molar-refractivity contribution >= 4 is 29.5 Å². The number of nitrogens with two attached hydrogens (primary N) is 1. The molecule has 244 valence electrons. The Morgan fingerprint density at radius 3 is 1.79 bits per heavy atom. The van der Waals surface area contributed by atoms with E-state index in [1.54, 1.807) is 6.92 Å². The highest BCUT2D eigenvalue weighted by atomic mass is 16.2. The van der Waals surface area contributed by atoms with E-state index >= 15 is 0 Å². The molecule has 12 nitrogen and oxygen atoms in total. The second-order valence-corrected chi connectivity index (χ2v) is 11.3. The van der Waals surface area contributed by atoms with Gasteiger partial charge in [-0.05, 0) is 13.3 Å². The number of carbonyl (C=O) groups is 5. The molecule has 0 fully saturated rings. The van der Waals surface area contributed by atoms with Crippen molar-refractivity contribution in [2.75, 3.05) is 13.1 Å². The van der Waals surface area contributed by atoms with Gasteiger partial charge in [0.25, 0.3) is 0 Å². The smallest absolute Gasteiger partial charge is 0.243 e. The lowest BCUT2D eigenvalue weighted by molar-refractivity contribution is -0.131. The lowest BCUT2D eigenvalue weighted by Crippen LogP contribution is -2.53. The Kier molecular flexibility index (Phi) is 21.0. The lowest BCUT2D eigenvalue weighted by Gasteiger charge is -2.18. The fourth-order valence-corrected chi connectivity index (χ4v) is 4.72. The number of carbonyl (C=O) groups excluding carboxylic acids is 5. The van der Waals surface area contributed by atoms with E-state index in [2.05, 4.69) is 38.2 Å². The summed E-state index contributed by atoms with van der Waals surface area (Å²) >= 11 is 0. The van der Waals surface area contributed by atoms with E-state index in [0.717, 1.165) is 19.3 Å². The number of hydrogen-bond acceptors (Lipinski definition) is 6. The van der Waals surface area contributed by atoms with Crippen LogP contribution in [0.4, 0.5) is 0 Å². The Bertz CT molecular complexity index is 939. The maximum atomic E-state index is 12.4. The van der Waals surface area contributed by atoms with Crippen molar-refractivity contribution in [2.45, 2.75) is 135 Å². The van der Waals surface area contributed by atoms with Gasteiger partial charge < -0.3 is 32.0 Å². The summed E-state index contributed by atoms with van der Waals surface area (Å²) in [5.74, 6) is -2.64.